The Morgan fingerprint density at radius 3 is 2.58 bits per heavy atom. The summed E-state index contributed by atoms with van der Waals surface area (Å²) in [6, 6.07) is 23.4. The predicted octanol–water partition coefficient (Wildman–Crippen LogP) is 5.44. The minimum absolute atomic E-state index is 0.129. The van der Waals surface area contributed by atoms with Crippen LogP contribution in [0.3, 0.4) is 0 Å². The Morgan fingerprint density at radius 1 is 0.879 bits per heavy atom. The Balaban J connectivity index is 1.49. The number of anilines is 3. The normalized spacial score (nSPS) is 11.5. The highest BCUT2D eigenvalue weighted by Gasteiger charge is 2.17. The summed E-state index contributed by atoms with van der Waals surface area (Å²) >= 11 is 1.44. The average molecular weight is 474 g/mol. The molecule has 5 aromatic rings. The molecular weight excluding hydrogens is 454 g/mol. The molecule has 0 unspecified atom stereocenters. The maximum Gasteiger partial charge on any atom is 0.262 e. The summed E-state index contributed by atoms with van der Waals surface area (Å²) in [6.07, 6.45) is 3.55. The third kappa shape index (κ3) is 4.33. The van der Waals surface area contributed by atoms with Gasteiger partial charge in [0, 0.05) is 22.7 Å². The van der Waals surface area contributed by atoms with Crippen LogP contribution < -0.4 is 10.0 Å². The number of pyridine rings is 1. The van der Waals surface area contributed by atoms with E-state index in [9.17, 15) is 8.42 Å². The van der Waals surface area contributed by atoms with Crippen molar-refractivity contribution in [3.8, 4) is 0 Å². The topological polar surface area (TPSA) is 96.9 Å². The number of fused-ring (bicyclic) bond motifs is 2. The van der Waals surface area contributed by atoms with Crippen LogP contribution in [0.2, 0.25) is 0 Å². The summed E-state index contributed by atoms with van der Waals surface area (Å²) < 4.78 is 29.0. The molecule has 2 heterocycles. The highest BCUT2D eigenvalue weighted by Crippen LogP contribution is 2.28. The molecule has 0 saturated heterocycles. The first-order valence-corrected chi connectivity index (χ1v) is 12.8. The molecular formula is C24H19N5O2S2. The minimum atomic E-state index is -3.84. The molecule has 0 radical (unpaired) electrons. The van der Waals surface area contributed by atoms with E-state index in [-0.39, 0.29) is 4.90 Å². The van der Waals surface area contributed by atoms with Crippen molar-refractivity contribution in [2.24, 2.45) is 0 Å². The van der Waals surface area contributed by atoms with Gasteiger partial charge in [-0.1, -0.05) is 48.2 Å². The van der Waals surface area contributed by atoms with Gasteiger partial charge in [0.15, 0.2) is 5.16 Å². The molecule has 0 saturated carbocycles. The van der Waals surface area contributed by atoms with Crippen LogP contribution in [0.25, 0.3) is 21.8 Å². The van der Waals surface area contributed by atoms with Gasteiger partial charge in [-0.3, -0.25) is 9.71 Å². The standard InChI is InChI=1S/C24H19N5O2S2/c1-32-24-27-20-12-3-2-11-19(20)23(28-24)26-17-9-5-10-18(15-17)33(30,31)29-21-13-4-7-16-8-6-14-25-22(16)21/h2-15,29H,1H3,(H,26,27,28). The van der Waals surface area contributed by atoms with Crippen LogP contribution in [0.5, 0.6) is 0 Å². The molecule has 0 bridgehead atoms. The van der Waals surface area contributed by atoms with E-state index in [1.165, 1.54) is 11.8 Å². The fourth-order valence-electron chi connectivity index (χ4n) is 3.51. The number of hydrogen-bond acceptors (Lipinski definition) is 7. The number of rotatable bonds is 6. The molecule has 5 rings (SSSR count). The highest BCUT2D eigenvalue weighted by atomic mass is 32.2. The molecule has 0 aliphatic carbocycles. The second-order valence-electron chi connectivity index (χ2n) is 7.22. The predicted molar refractivity (Wildman–Crippen MR) is 134 cm³/mol. The van der Waals surface area contributed by atoms with Gasteiger partial charge in [0.05, 0.1) is 21.6 Å². The van der Waals surface area contributed by atoms with E-state index in [2.05, 4.69) is 25.0 Å². The number of nitrogens with zero attached hydrogens (tertiary/aromatic N) is 3. The van der Waals surface area contributed by atoms with Gasteiger partial charge < -0.3 is 5.32 Å². The Labute approximate surface area is 195 Å². The Hall–Kier alpha value is -3.69. The van der Waals surface area contributed by atoms with Gasteiger partial charge >= 0.3 is 0 Å². The quantitative estimate of drug-likeness (QED) is 0.250. The smallest absolute Gasteiger partial charge is 0.262 e. The van der Waals surface area contributed by atoms with Gasteiger partial charge in [-0.25, -0.2) is 18.4 Å². The van der Waals surface area contributed by atoms with E-state index in [0.717, 1.165) is 16.3 Å². The lowest BCUT2D eigenvalue weighted by Gasteiger charge is -2.13. The fraction of sp³-hybridized carbons (Fsp3) is 0.0417. The third-order valence-electron chi connectivity index (χ3n) is 5.05. The van der Waals surface area contributed by atoms with Crippen molar-refractivity contribution < 1.29 is 8.42 Å². The zero-order valence-corrected chi connectivity index (χ0v) is 19.2. The van der Waals surface area contributed by atoms with Crippen molar-refractivity contribution in [2.75, 3.05) is 16.3 Å². The van der Waals surface area contributed by atoms with Crippen LogP contribution in [-0.4, -0.2) is 29.6 Å². The van der Waals surface area contributed by atoms with Crippen LogP contribution in [0.15, 0.2) is 95.1 Å². The number of nitrogens with one attached hydrogen (secondary N) is 2. The summed E-state index contributed by atoms with van der Waals surface area (Å²) in [4.78, 5) is 13.6. The SMILES string of the molecule is CSc1nc(Nc2cccc(S(=O)(=O)Nc3cccc4cccnc34)c2)c2ccccc2n1. The van der Waals surface area contributed by atoms with Crippen LogP contribution in [0, 0.1) is 0 Å². The second kappa shape index (κ2) is 8.68. The van der Waals surface area contributed by atoms with Gasteiger partial charge in [0.25, 0.3) is 10.0 Å². The fourth-order valence-corrected chi connectivity index (χ4v) is 4.99. The third-order valence-corrected chi connectivity index (χ3v) is 6.96. The van der Waals surface area contributed by atoms with E-state index >= 15 is 0 Å². The number of thioether (sulfide) groups is 1. The maximum absolute atomic E-state index is 13.2. The van der Waals surface area contributed by atoms with Crippen molar-refractivity contribution in [3.05, 3.63) is 85.1 Å². The lowest BCUT2D eigenvalue weighted by atomic mass is 10.2. The minimum Gasteiger partial charge on any atom is -0.340 e. The molecule has 2 N–H and O–H groups in total. The maximum atomic E-state index is 13.2. The van der Waals surface area contributed by atoms with Gasteiger partial charge in [-0.05, 0) is 48.7 Å². The van der Waals surface area contributed by atoms with Crippen molar-refractivity contribution in [1.82, 2.24) is 15.0 Å². The molecule has 0 spiro atoms. The van der Waals surface area contributed by atoms with Crippen molar-refractivity contribution in [3.63, 3.8) is 0 Å². The zero-order chi connectivity index (χ0) is 22.8. The first-order chi connectivity index (χ1) is 16.0. The molecule has 33 heavy (non-hydrogen) atoms. The molecule has 3 aromatic carbocycles. The van der Waals surface area contributed by atoms with Crippen molar-refractivity contribution in [2.45, 2.75) is 10.1 Å². The molecule has 0 aliphatic heterocycles. The Morgan fingerprint density at radius 2 is 1.70 bits per heavy atom. The van der Waals surface area contributed by atoms with Gasteiger partial charge in [-0.2, -0.15) is 0 Å². The Kier molecular flexibility index (Phi) is 5.57. The molecule has 0 aliphatic rings. The van der Waals surface area contributed by atoms with E-state index in [1.54, 1.807) is 42.6 Å². The van der Waals surface area contributed by atoms with Crippen LogP contribution >= 0.6 is 11.8 Å². The van der Waals surface area contributed by atoms with Crippen LogP contribution in [0.4, 0.5) is 17.2 Å². The first-order valence-electron chi connectivity index (χ1n) is 10.1. The lowest BCUT2D eigenvalue weighted by Crippen LogP contribution is -2.13. The van der Waals surface area contributed by atoms with Crippen LogP contribution in [-0.2, 0) is 10.0 Å². The average Bonchev–Trinajstić information content (AvgIpc) is 2.84. The van der Waals surface area contributed by atoms with Crippen LogP contribution in [0.1, 0.15) is 0 Å². The van der Waals surface area contributed by atoms with Gasteiger partial charge in [-0.15, -0.1) is 0 Å². The molecule has 0 atom stereocenters. The number of para-hydroxylation sites is 2. The number of sulfonamides is 1. The van der Waals surface area contributed by atoms with E-state index < -0.39 is 10.0 Å². The van der Waals surface area contributed by atoms with Gasteiger partial charge in [0.2, 0.25) is 0 Å². The molecule has 0 fully saturated rings. The van der Waals surface area contributed by atoms with E-state index in [0.29, 0.717) is 27.9 Å². The monoisotopic (exact) mass is 473 g/mol. The summed E-state index contributed by atoms with van der Waals surface area (Å²) in [6.45, 7) is 0. The molecule has 7 nitrogen and oxygen atoms in total. The number of benzene rings is 3. The molecule has 2 aromatic heterocycles. The Bertz CT molecular complexity index is 1580. The molecule has 0 amide bonds. The van der Waals surface area contributed by atoms with E-state index in [4.69, 9.17) is 0 Å². The van der Waals surface area contributed by atoms with E-state index in [1.807, 2.05) is 48.7 Å². The first kappa shape index (κ1) is 21.2. The number of hydrogen-bond donors (Lipinski definition) is 2. The molecule has 9 heteroatoms. The summed E-state index contributed by atoms with van der Waals surface area (Å²) in [5, 5.41) is 5.59. The lowest BCUT2D eigenvalue weighted by molar-refractivity contribution is 0.601. The molecule has 164 valence electrons. The summed E-state index contributed by atoms with van der Waals surface area (Å²) in [5.41, 5.74) is 2.44. The van der Waals surface area contributed by atoms with Crippen molar-refractivity contribution in [1.29, 1.82) is 0 Å². The largest absolute Gasteiger partial charge is 0.340 e. The van der Waals surface area contributed by atoms with Crippen molar-refractivity contribution >= 4 is 60.8 Å². The summed E-state index contributed by atoms with van der Waals surface area (Å²) in [5.74, 6) is 0.616. The van der Waals surface area contributed by atoms with Gasteiger partial charge in [0.1, 0.15) is 5.82 Å². The summed E-state index contributed by atoms with van der Waals surface area (Å²) in [7, 11) is -3.84. The highest BCUT2D eigenvalue weighted by molar-refractivity contribution is 7.98. The second-order valence-corrected chi connectivity index (χ2v) is 9.67. The number of aromatic nitrogens is 3. The zero-order valence-electron chi connectivity index (χ0n) is 17.6.